The molecule has 0 atom stereocenters. The highest BCUT2D eigenvalue weighted by Gasteiger charge is 2.21. The molecule has 170 valence electrons. The smallest absolute Gasteiger partial charge is 0.257 e. The summed E-state index contributed by atoms with van der Waals surface area (Å²) >= 11 is 5.29. The number of rotatable bonds is 8. The molecule has 0 unspecified atom stereocenters. The summed E-state index contributed by atoms with van der Waals surface area (Å²) in [6, 6.07) is 14.3. The maximum absolute atomic E-state index is 12.5. The van der Waals surface area contributed by atoms with E-state index in [4.69, 9.17) is 17.0 Å². The first-order valence-corrected chi connectivity index (χ1v) is 11.7. The maximum Gasteiger partial charge on any atom is 0.257 e. The molecule has 3 N–H and O–H groups in total. The van der Waals surface area contributed by atoms with Crippen molar-refractivity contribution in [2.75, 3.05) is 17.2 Å². The summed E-state index contributed by atoms with van der Waals surface area (Å²) in [5, 5.41) is 8.87. The van der Waals surface area contributed by atoms with E-state index >= 15 is 0 Å². The zero-order chi connectivity index (χ0) is 22.8. The SMILES string of the molecule is CCCCOc1ccc(C(=O)NC(=S)Nc2cccc(NC(=O)C3CCCCC3)c2)cc1. The Morgan fingerprint density at radius 2 is 1.69 bits per heavy atom. The van der Waals surface area contributed by atoms with Crippen molar-refractivity contribution < 1.29 is 14.3 Å². The second-order valence-electron chi connectivity index (χ2n) is 8.04. The molecule has 2 amide bonds. The average molecular weight is 454 g/mol. The summed E-state index contributed by atoms with van der Waals surface area (Å²) in [7, 11) is 0. The van der Waals surface area contributed by atoms with E-state index in [-0.39, 0.29) is 22.8 Å². The van der Waals surface area contributed by atoms with Gasteiger partial charge in [0.05, 0.1) is 6.61 Å². The van der Waals surface area contributed by atoms with Crippen molar-refractivity contribution in [3.63, 3.8) is 0 Å². The molecule has 2 aromatic carbocycles. The van der Waals surface area contributed by atoms with Gasteiger partial charge in [-0.25, -0.2) is 0 Å². The molecule has 0 heterocycles. The average Bonchev–Trinajstić information content (AvgIpc) is 2.80. The second kappa shape index (κ2) is 12.2. The van der Waals surface area contributed by atoms with Gasteiger partial charge in [-0.15, -0.1) is 0 Å². The lowest BCUT2D eigenvalue weighted by Gasteiger charge is -2.21. The third-order valence-electron chi connectivity index (χ3n) is 5.47. The molecule has 0 spiro atoms. The van der Waals surface area contributed by atoms with Crippen LogP contribution < -0.4 is 20.7 Å². The number of unbranched alkanes of at least 4 members (excludes halogenated alkanes) is 1. The lowest BCUT2D eigenvalue weighted by molar-refractivity contribution is -0.120. The quantitative estimate of drug-likeness (QED) is 0.363. The number of carbonyl (C=O) groups excluding carboxylic acids is 2. The number of hydrogen-bond acceptors (Lipinski definition) is 4. The van der Waals surface area contributed by atoms with E-state index in [0.717, 1.165) is 44.3 Å². The highest BCUT2D eigenvalue weighted by atomic mass is 32.1. The van der Waals surface area contributed by atoms with Crippen molar-refractivity contribution in [2.24, 2.45) is 5.92 Å². The van der Waals surface area contributed by atoms with Crippen LogP contribution in [0.5, 0.6) is 5.75 Å². The van der Waals surface area contributed by atoms with Crippen LogP contribution in [0.3, 0.4) is 0 Å². The Kier molecular flexibility index (Phi) is 9.04. The number of carbonyl (C=O) groups is 2. The molecular formula is C25H31N3O3S. The van der Waals surface area contributed by atoms with Gasteiger partial charge in [0.2, 0.25) is 5.91 Å². The number of hydrogen-bond donors (Lipinski definition) is 3. The molecular weight excluding hydrogens is 422 g/mol. The molecule has 0 saturated heterocycles. The highest BCUT2D eigenvalue weighted by Crippen LogP contribution is 2.25. The largest absolute Gasteiger partial charge is 0.494 e. The van der Waals surface area contributed by atoms with E-state index in [1.54, 1.807) is 24.3 Å². The molecule has 32 heavy (non-hydrogen) atoms. The summed E-state index contributed by atoms with van der Waals surface area (Å²) in [5.74, 6) is 0.594. The molecule has 0 bridgehead atoms. The van der Waals surface area contributed by atoms with Gasteiger partial charge in [-0.3, -0.25) is 14.9 Å². The molecule has 1 aliphatic rings. The minimum absolute atomic E-state index is 0.0693. The number of thiocarbonyl (C=S) groups is 1. The first-order valence-electron chi connectivity index (χ1n) is 11.3. The Bertz CT molecular complexity index is 924. The van der Waals surface area contributed by atoms with E-state index in [2.05, 4.69) is 22.9 Å². The van der Waals surface area contributed by atoms with Crippen molar-refractivity contribution >= 4 is 40.5 Å². The Morgan fingerprint density at radius 1 is 1.00 bits per heavy atom. The van der Waals surface area contributed by atoms with Gasteiger partial charge < -0.3 is 15.4 Å². The summed E-state index contributed by atoms with van der Waals surface area (Å²) < 4.78 is 5.62. The molecule has 1 fully saturated rings. The molecule has 1 saturated carbocycles. The van der Waals surface area contributed by atoms with Gasteiger partial charge in [0.15, 0.2) is 5.11 Å². The molecule has 0 aromatic heterocycles. The third kappa shape index (κ3) is 7.34. The zero-order valence-corrected chi connectivity index (χ0v) is 19.3. The van der Waals surface area contributed by atoms with Gasteiger partial charge in [-0.2, -0.15) is 0 Å². The molecule has 7 heteroatoms. The van der Waals surface area contributed by atoms with Gasteiger partial charge in [0.25, 0.3) is 5.91 Å². The summed E-state index contributed by atoms with van der Waals surface area (Å²) in [6.07, 6.45) is 7.40. The van der Waals surface area contributed by atoms with E-state index < -0.39 is 0 Å². The van der Waals surface area contributed by atoms with Crippen LogP contribution in [0.4, 0.5) is 11.4 Å². The third-order valence-corrected chi connectivity index (χ3v) is 5.68. The summed E-state index contributed by atoms with van der Waals surface area (Å²) in [6.45, 7) is 2.77. The molecule has 0 radical (unpaired) electrons. The molecule has 6 nitrogen and oxygen atoms in total. The van der Waals surface area contributed by atoms with Gasteiger partial charge in [0, 0.05) is 22.9 Å². The Labute approximate surface area is 195 Å². The van der Waals surface area contributed by atoms with Gasteiger partial charge >= 0.3 is 0 Å². The van der Waals surface area contributed by atoms with Gasteiger partial charge in [-0.05, 0) is 73.9 Å². The van der Waals surface area contributed by atoms with Gasteiger partial charge in [-0.1, -0.05) is 38.7 Å². The molecule has 3 rings (SSSR count). The van der Waals surface area contributed by atoms with Crippen LogP contribution in [0, 0.1) is 5.92 Å². The number of amides is 2. The first-order chi connectivity index (χ1) is 15.5. The minimum Gasteiger partial charge on any atom is -0.494 e. The number of benzene rings is 2. The first kappa shape index (κ1) is 23.7. The summed E-state index contributed by atoms with van der Waals surface area (Å²) in [5.41, 5.74) is 1.89. The fourth-order valence-electron chi connectivity index (χ4n) is 3.66. The number of ether oxygens (including phenoxy) is 1. The van der Waals surface area contributed by atoms with Crippen molar-refractivity contribution in [2.45, 2.75) is 51.9 Å². The van der Waals surface area contributed by atoms with Crippen molar-refractivity contribution in [1.82, 2.24) is 5.32 Å². The fraction of sp³-hybridized carbons (Fsp3) is 0.400. The lowest BCUT2D eigenvalue weighted by Crippen LogP contribution is -2.34. The number of anilines is 2. The Morgan fingerprint density at radius 3 is 2.38 bits per heavy atom. The normalized spacial score (nSPS) is 13.8. The summed E-state index contributed by atoms with van der Waals surface area (Å²) in [4.78, 5) is 24.9. The van der Waals surface area contributed by atoms with Crippen LogP contribution in [-0.2, 0) is 4.79 Å². The predicted octanol–water partition coefficient (Wildman–Crippen LogP) is 5.51. The van der Waals surface area contributed by atoms with E-state index in [1.165, 1.54) is 6.42 Å². The van der Waals surface area contributed by atoms with Crippen LogP contribution in [0.1, 0.15) is 62.2 Å². The second-order valence-corrected chi connectivity index (χ2v) is 8.45. The fourth-order valence-corrected chi connectivity index (χ4v) is 3.87. The Balaban J connectivity index is 1.50. The van der Waals surface area contributed by atoms with Crippen molar-refractivity contribution in [3.05, 3.63) is 54.1 Å². The van der Waals surface area contributed by atoms with Crippen molar-refractivity contribution in [3.8, 4) is 5.75 Å². The molecule has 0 aliphatic heterocycles. The predicted molar refractivity (Wildman–Crippen MR) is 132 cm³/mol. The van der Waals surface area contributed by atoms with E-state index in [1.807, 2.05) is 24.3 Å². The van der Waals surface area contributed by atoms with Crippen LogP contribution >= 0.6 is 12.2 Å². The van der Waals surface area contributed by atoms with Crippen LogP contribution in [0.15, 0.2) is 48.5 Å². The lowest BCUT2D eigenvalue weighted by atomic mass is 9.88. The highest BCUT2D eigenvalue weighted by molar-refractivity contribution is 7.80. The monoisotopic (exact) mass is 453 g/mol. The van der Waals surface area contributed by atoms with Crippen LogP contribution in [-0.4, -0.2) is 23.5 Å². The van der Waals surface area contributed by atoms with E-state index in [0.29, 0.717) is 23.5 Å². The van der Waals surface area contributed by atoms with Gasteiger partial charge in [0.1, 0.15) is 5.75 Å². The molecule has 2 aromatic rings. The number of nitrogens with one attached hydrogen (secondary N) is 3. The van der Waals surface area contributed by atoms with E-state index in [9.17, 15) is 9.59 Å². The topological polar surface area (TPSA) is 79.5 Å². The van der Waals surface area contributed by atoms with Crippen LogP contribution in [0.2, 0.25) is 0 Å². The minimum atomic E-state index is -0.302. The molecule has 1 aliphatic carbocycles. The van der Waals surface area contributed by atoms with Crippen LogP contribution in [0.25, 0.3) is 0 Å². The Hall–Kier alpha value is -2.93. The zero-order valence-electron chi connectivity index (χ0n) is 18.5. The standard InChI is InChI=1S/C25H31N3O3S/c1-2-3-16-31-22-14-12-19(13-15-22)24(30)28-25(32)27-21-11-7-10-20(17-21)26-23(29)18-8-5-4-6-9-18/h7,10-15,17-18H,2-6,8-9,16H2,1H3,(H,26,29)(H2,27,28,30,32). The maximum atomic E-state index is 12.5. The van der Waals surface area contributed by atoms with Crippen molar-refractivity contribution in [1.29, 1.82) is 0 Å².